The van der Waals surface area contributed by atoms with Crippen LogP contribution in [0.2, 0.25) is 5.02 Å². The van der Waals surface area contributed by atoms with Gasteiger partial charge < -0.3 is 19.4 Å². The minimum absolute atomic E-state index is 0.0907. The Morgan fingerprint density at radius 3 is 2.75 bits per heavy atom. The number of halogens is 1. The second-order valence-electron chi connectivity index (χ2n) is 6.65. The zero-order valence-corrected chi connectivity index (χ0v) is 18.0. The summed E-state index contributed by atoms with van der Waals surface area (Å²) in [4.78, 5) is 24.5. The molecule has 0 radical (unpaired) electrons. The van der Waals surface area contributed by atoms with Gasteiger partial charge in [-0.1, -0.05) is 35.9 Å². The van der Waals surface area contributed by atoms with Crippen molar-refractivity contribution in [3.63, 3.8) is 0 Å². The van der Waals surface area contributed by atoms with Gasteiger partial charge in [0.1, 0.15) is 6.07 Å². The van der Waals surface area contributed by atoms with Gasteiger partial charge in [-0.25, -0.2) is 0 Å². The highest BCUT2D eigenvalue weighted by molar-refractivity contribution is 6.31. The fourth-order valence-corrected chi connectivity index (χ4v) is 3.11. The molecule has 0 fully saturated rings. The molecule has 32 heavy (non-hydrogen) atoms. The number of pyridine rings is 1. The van der Waals surface area contributed by atoms with E-state index in [1.54, 1.807) is 42.6 Å². The van der Waals surface area contributed by atoms with Crippen molar-refractivity contribution in [3.05, 3.63) is 93.4 Å². The molecule has 0 saturated carbocycles. The van der Waals surface area contributed by atoms with Crippen molar-refractivity contribution in [2.75, 3.05) is 19.0 Å². The molecule has 0 aliphatic heterocycles. The topological polar surface area (TPSA) is 93.3 Å². The SMILES string of the molecule is COc1cc(C=CC(=O)Nc2ccc(=O)n(Cc3ccccc3Cl)c2)ccc1OCC#N. The molecule has 0 bridgehead atoms. The second-order valence-corrected chi connectivity index (χ2v) is 7.06. The van der Waals surface area contributed by atoms with Crippen molar-refractivity contribution >= 4 is 29.3 Å². The molecule has 0 atom stereocenters. The first-order chi connectivity index (χ1) is 15.5. The summed E-state index contributed by atoms with van der Waals surface area (Å²) in [6, 6.07) is 17.2. The number of anilines is 1. The van der Waals surface area contributed by atoms with Gasteiger partial charge in [0.25, 0.3) is 5.56 Å². The number of amides is 1. The second kappa shape index (κ2) is 10.8. The Labute approximate surface area is 190 Å². The van der Waals surface area contributed by atoms with E-state index in [1.165, 1.54) is 23.8 Å². The summed E-state index contributed by atoms with van der Waals surface area (Å²) >= 11 is 6.18. The van der Waals surface area contributed by atoms with Crippen LogP contribution in [0.4, 0.5) is 5.69 Å². The van der Waals surface area contributed by atoms with Crippen LogP contribution in [0.3, 0.4) is 0 Å². The van der Waals surface area contributed by atoms with Gasteiger partial charge in [0.2, 0.25) is 5.91 Å². The number of nitrogens with zero attached hydrogens (tertiary/aromatic N) is 2. The molecule has 1 heterocycles. The van der Waals surface area contributed by atoms with Crippen molar-refractivity contribution in [3.8, 4) is 17.6 Å². The van der Waals surface area contributed by atoms with Crippen molar-refractivity contribution < 1.29 is 14.3 Å². The third-order valence-electron chi connectivity index (χ3n) is 4.46. The van der Waals surface area contributed by atoms with E-state index < -0.39 is 0 Å². The number of nitriles is 1. The van der Waals surface area contributed by atoms with E-state index in [0.29, 0.717) is 27.8 Å². The summed E-state index contributed by atoms with van der Waals surface area (Å²) in [5.41, 5.74) is 1.79. The number of hydrogen-bond donors (Lipinski definition) is 1. The quantitative estimate of drug-likeness (QED) is 0.522. The van der Waals surface area contributed by atoms with Crippen LogP contribution in [-0.2, 0) is 11.3 Å². The third kappa shape index (κ3) is 6.00. The molecular weight excluding hydrogens is 430 g/mol. The molecule has 0 aliphatic rings. The van der Waals surface area contributed by atoms with E-state index in [1.807, 2.05) is 24.3 Å². The van der Waals surface area contributed by atoms with Crippen LogP contribution in [0.5, 0.6) is 11.5 Å². The van der Waals surface area contributed by atoms with Crippen LogP contribution < -0.4 is 20.3 Å². The standard InChI is InChI=1S/C24H20ClN3O4/c1-31-22-14-17(6-9-21(22)32-13-12-26)7-10-23(29)27-19-8-11-24(30)28(16-19)15-18-4-2-3-5-20(18)25/h2-11,14,16H,13,15H2,1H3,(H,27,29). The molecule has 0 saturated heterocycles. The van der Waals surface area contributed by atoms with E-state index in [4.69, 9.17) is 26.3 Å². The highest BCUT2D eigenvalue weighted by atomic mass is 35.5. The lowest BCUT2D eigenvalue weighted by molar-refractivity contribution is -0.111. The molecule has 3 rings (SSSR count). The molecule has 162 valence electrons. The van der Waals surface area contributed by atoms with Gasteiger partial charge in [-0.05, 0) is 41.5 Å². The maximum atomic E-state index is 12.4. The normalized spacial score (nSPS) is 10.5. The van der Waals surface area contributed by atoms with Gasteiger partial charge in [-0.3, -0.25) is 9.59 Å². The minimum atomic E-state index is -0.364. The summed E-state index contributed by atoms with van der Waals surface area (Å²) in [7, 11) is 1.49. The molecular formula is C24H20ClN3O4. The van der Waals surface area contributed by atoms with Crippen LogP contribution in [0, 0.1) is 11.3 Å². The predicted molar refractivity (Wildman–Crippen MR) is 123 cm³/mol. The summed E-state index contributed by atoms with van der Waals surface area (Å²) in [6.07, 6.45) is 4.56. The lowest BCUT2D eigenvalue weighted by atomic mass is 10.2. The van der Waals surface area contributed by atoms with Gasteiger partial charge in [0, 0.05) is 23.4 Å². The minimum Gasteiger partial charge on any atom is -0.493 e. The lowest BCUT2D eigenvalue weighted by Gasteiger charge is -2.10. The maximum Gasteiger partial charge on any atom is 0.250 e. The van der Waals surface area contributed by atoms with Crippen LogP contribution in [0.1, 0.15) is 11.1 Å². The molecule has 0 aliphatic carbocycles. The number of hydrogen-bond acceptors (Lipinski definition) is 5. The maximum absolute atomic E-state index is 12.4. The first kappa shape index (κ1) is 22.7. The number of methoxy groups -OCH3 is 1. The van der Waals surface area contributed by atoms with E-state index in [-0.39, 0.29) is 24.6 Å². The summed E-state index contributed by atoms with van der Waals surface area (Å²) in [5.74, 6) is 0.530. The van der Waals surface area contributed by atoms with Gasteiger partial charge in [0.15, 0.2) is 18.1 Å². The zero-order chi connectivity index (χ0) is 22.9. The average Bonchev–Trinajstić information content (AvgIpc) is 2.80. The highest BCUT2D eigenvalue weighted by Crippen LogP contribution is 2.28. The number of carbonyl (C=O) groups excluding carboxylic acids is 1. The first-order valence-electron chi connectivity index (χ1n) is 9.61. The van der Waals surface area contributed by atoms with E-state index in [0.717, 1.165) is 5.56 Å². The molecule has 7 nitrogen and oxygen atoms in total. The average molecular weight is 450 g/mol. The number of benzene rings is 2. The summed E-state index contributed by atoms with van der Waals surface area (Å²) < 4.78 is 12.0. The van der Waals surface area contributed by atoms with Gasteiger partial charge in [-0.2, -0.15) is 5.26 Å². The monoisotopic (exact) mass is 449 g/mol. The van der Waals surface area contributed by atoms with E-state index in [2.05, 4.69) is 5.32 Å². The Morgan fingerprint density at radius 2 is 2.00 bits per heavy atom. The molecule has 1 aromatic heterocycles. The van der Waals surface area contributed by atoms with E-state index >= 15 is 0 Å². The Morgan fingerprint density at radius 1 is 1.19 bits per heavy atom. The van der Waals surface area contributed by atoms with Crippen molar-refractivity contribution in [2.45, 2.75) is 6.54 Å². The van der Waals surface area contributed by atoms with Crippen LogP contribution in [0.15, 0.2) is 71.7 Å². The summed E-state index contributed by atoms with van der Waals surface area (Å²) in [5, 5.41) is 11.9. The Bertz CT molecular complexity index is 1240. The van der Waals surface area contributed by atoms with Gasteiger partial charge >= 0.3 is 0 Å². The Kier molecular flexibility index (Phi) is 7.68. The Balaban J connectivity index is 1.70. The first-order valence-corrected chi connectivity index (χ1v) is 9.98. The van der Waals surface area contributed by atoms with Crippen LogP contribution in [0.25, 0.3) is 6.08 Å². The smallest absolute Gasteiger partial charge is 0.250 e. The van der Waals surface area contributed by atoms with Crippen molar-refractivity contribution in [2.24, 2.45) is 0 Å². The molecule has 0 unspecified atom stereocenters. The van der Waals surface area contributed by atoms with E-state index in [9.17, 15) is 9.59 Å². The largest absolute Gasteiger partial charge is 0.493 e. The van der Waals surface area contributed by atoms with Crippen molar-refractivity contribution in [1.29, 1.82) is 5.26 Å². The molecule has 1 N–H and O–H groups in total. The molecule has 0 spiro atoms. The number of ether oxygens (including phenoxy) is 2. The number of carbonyl (C=O) groups is 1. The highest BCUT2D eigenvalue weighted by Gasteiger charge is 2.07. The number of aromatic nitrogens is 1. The van der Waals surface area contributed by atoms with Crippen LogP contribution in [-0.4, -0.2) is 24.2 Å². The molecule has 2 aromatic carbocycles. The lowest BCUT2D eigenvalue weighted by Crippen LogP contribution is -2.20. The van der Waals surface area contributed by atoms with Crippen LogP contribution >= 0.6 is 11.6 Å². The molecule has 1 amide bonds. The fraction of sp³-hybridized carbons (Fsp3) is 0.125. The predicted octanol–water partition coefficient (Wildman–Crippen LogP) is 4.11. The Hall–Kier alpha value is -4.02. The molecule has 3 aromatic rings. The zero-order valence-electron chi connectivity index (χ0n) is 17.2. The third-order valence-corrected chi connectivity index (χ3v) is 4.83. The fourth-order valence-electron chi connectivity index (χ4n) is 2.91. The van der Waals surface area contributed by atoms with Gasteiger partial charge in [-0.15, -0.1) is 0 Å². The molecule has 8 heteroatoms. The summed E-state index contributed by atoms with van der Waals surface area (Å²) in [6.45, 7) is 0.199. The number of rotatable bonds is 8. The van der Waals surface area contributed by atoms with Gasteiger partial charge in [0.05, 0.1) is 19.3 Å². The number of nitrogens with one attached hydrogen (secondary N) is 1. The van der Waals surface area contributed by atoms with Crippen molar-refractivity contribution in [1.82, 2.24) is 4.57 Å².